The van der Waals surface area contributed by atoms with Crippen LogP contribution in [0.15, 0.2) is 140 Å². The van der Waals surface area contributed by atoms with Crippen LogP contribution in [-0.4, -0.2) is 5.66 Å². The van der Waals surface area contributed by atoms with Gasteiger partial charge in [-0.05, 0) is 95.6 Å². The topological polar surface area (TPSA) is 0 Å². The molecule has 0 N–H and O–H groups in total. The second-order valence-electron chi connectivity index (χ2n) is 12.7. The number of hydrogen-bond acceptors (Lipinski definition) is 0. The molecule has 1 aliphatic rings. The van der Waals surface area contributed by atoms with E-state index in [4.69, 9.17) is 0 Å². The highest BCUT2D eigenvalue weighted by molar-refractivity contribution is 7.80. The van der Waals surface area contributed by atoms with Gasteiger partial charge in [0.2, 0.25) is 0 Å². The largest absolute Gasteiger partial charge is 0.416 e. The first-order valence-corrected chi connectivity index (χ1v) is 19.2. The molecular weight excluding hydrogens is 782 g/mol. The predicted octanol–water partition coefficient (Wildman–Crippen LogP) is 11.6. The van der Waals surface area contributed by atoms with Crippen molar-refractivity contribution in [2.24, 2.45) is 5.92 Å². The molecule has 0 nitrogen and oxygen atoms in total. The van der Waals surface area contributed by atoms with Crippen LogP contribution >= 0.6 is 15.8 Å². The summed E-state index contributed by atoms with van der Waals surface area (Å²) in [6.07, 6.45) is -16.4. The van der Waals surface area contributed by atoms with E-state index in [0.29, 0.717) is 35.4 Å². The fourth-order valence-corrected chi connectivity index (χ4v) is 12.0. The highest BCUT2D eigenvalue weighted by Gasteiger charge is 2.42. The molecular formula is C41H28F12P2. The van der Waals surface area contributed by atoms with Crippen LogP contribution in [0.4, 0.5) is 52.7 Å². The molecule has 0 radical (unpaired) electrons. The zero-order valence-corrected chi connectivity index (χ0v) is 30.2. The Labute approximate surface area is 310 Å². The minimum Gasteiger partial charge on any atom is -0.166 e. The molecule has 0 saturated heterocycles. The van der Waals surface area contributed by atoms with Crippen LogP contribution < -0.4 is 26.5 Å². The molecule has 14 heteroatoms. The van der Waals surface area contributed by atoms with Crippen molar-refractivity contribution >= 4 is 47.9 Å². The van der Waals surface area contributed by atoms with E-state index in [9.17, 15) is 52.7 Å². The zero-order chi connectivity index (χ0) is 39.9. The van der Waals surface area contributed by atoms with E-state index in [1.807, 2.05) is 72.8 Å². The normalized spacial score (nSPS) is 15.8. The Hall–Kier alpha value is -4.40. The van der Waals surface area contributed by atoms with Crippen molar-refractivity contribution in [3.63, 3.8) is 0 Å². The summed E-state index contributed by atoms with van der Waals surface area (Å²) in [7, 11) is -4.05. The molecule has 0 aromatic heterocycles. The van der Waals surface area contributed by atoms with Crippen LogP contribution in [0.2, 0.25) is 0 Å². The van der Waals surface area contributed by atoms with Gasteiger partial charge < -0.3 is 0 Å². The fourth-order valence-electron chi connectivity index (χ4n) is 6.61. The van der Waals surface area contributed by atoms with Gasteiger partial charge in [-0.25, -0.2) is 0 Å². The molecule has 0 amide bonds. The smallest absolute Gasteiger partial charge is 0.166 e. The van der Waals surface area contributed by atoms with Gasteiger partial charge >= 0.3 is 24.7 Å². The molecule has 0 saturated carbocycles. The summed E-state index contributed by atoms with van der Waals surface area (Å²) in [4.78, 5) is 0. The molecule has 1 unspecified atom stereocenters. The zero-order valence-electron chi connectivity index (χ0n) is 28.4. The van der Waals surface area contributed by atoms with E-state index in [1.54, 1.807) is 30.4 Å². The summed E-state index contributed by atoms with van der Waals surface area (Å²) >= 11 is 0. The van der Waals surface area contributed by atoms with Crippen LogP contribution in [-0.2, 0) is 24.7 Å². The van der Waals surface area contributed by atoms with Gasteiger partial charge in [-0.15, -0.1) is 0 Å². The molecule has 5 aromatic rings. The van der Waals surface area contributed by atoms with Gasteiger partial charge in [0.25, 0.3) is 0 Å². The molecule has 0 aliphatic heterocycles. The maximum atomic E-state index is 14.2. The second-order valence-corrected chi connectivity index (χ2v) is 17.5. The van der Waals surface area contributed by atoms with E-state index >= 15 is 0 Å². The molecule has 6 rings (SSSR count). The van der Waals surface area contributed by atoms with Gasteiger partial charge in [-0.2, -0.15) is 52.7 Å². The molecule has 1 aliphatic carbocycles. The summed E-state index contributed by atoms with van der Waals surface area (Å²) < 4.78 is 170. The number of rotatable bonds is 8. The average molecular weight is 811 g/mol. The number of alkyl halides is 12. The molecule has 55 heavy (non-hydrogen) atoms. The number of hydrogen-bond donors (Lipinski definition) is 0. The van der Waals surface area contributed by atoms with Gasteiger partial charge in [0.05, 0.1) is 22.3 Å². The first-order valence-electron chi connectivity index (χ1n) is 16.5. The van der Waals surface area contributed by atoms with Crippen molar-refractivity contribution in [2.75, 3.05) is 0 Å². The Morgan fingerprint density at radius 3 is 1.25 bits per heavy atom. The maximum Gasteiger partial charge on any atom is 0.416 e. The van der Waals surface area contributed by atoms with E-state index in [2.05, 4.69) is 0 Å². The third kappa shape index (κ3) is 8.86. The third-order valence-corrected chi connectivity index (χ3v) is 14.3. The Morgan fingerprint density at radius 1 is 0.473 bits per heavy atom. The first-order chi connectivity index (χ1) is 25.7. The first kappa shape index (κ1) is 40.3. The summed E-state index contributed by atoms with van der Waals surface area (Å²) in [5, 5.41) is 1.40. The lowest BCUT2D eigenvalue weighted by Gasteiger charge is -2.33. The van der Waals surface area contributed by atoms with Gasteiger partial charge in [0.1, 0.15) is 0 Å². The number of allylic oxidation sites excluding steroid dienone is 4. The second kappa shape index (κ2) is 15.3. The highest BCUT2D eigenvalue weighted by Crippen LogP contribution is 2.52. The van der Waals surface area contributed by atoms with Crippen molar-refractivity contribution in [2.45, 2.75) is 37.3 Å². The van der Waals surface area contributed by atoms with E-state index in [-0.39, 0.29) is 12.1 Å². The summed E-state index contributed by atoms with van der Waals surface area (Å²) in [5.74, 6) is -0.858. The van der Waals surface area contributed by atoms with Crippen molar-refractivity contribution < 1.29 is 52.7 Å². The van der Waals surface area contributed by atoms with E-state index in [1.165, 1.54) is 6.92 Å². The molecule has 2 atom stereocenters. The Kier molecular flexibility index (Phi) is 11.2. The van der Waals surface area contributed by atoms with Crippen LogP contribution in [0.25, 0.3) is 5.57 Å². The Bertz CT molecular complexity index is 2020. The minimum absolute atomic E-state index is 0.124. The van der Waals surface area contributed by atoms with Crippen molar-refractivity contribution in [1.29, 1.82) is 0 Å². The quantitative estimate of drug-likeness (QED) is 0.108. The third-order valence-electron chi connectivity index (χ3n) is 9.07. The van der Waals surface area contributed by atoms with Crippen LogP contribution in [0.5, 0.6) is 0 Å². The fraction of sp³-hybridized carbons (Fsp3) is 0.171. The Morgan fingerprint density at radius 2 is 0.855 bits per heavy atom. The van der Waals surface area contributed by atoms with Gasteiger partial charge in [-0.1, -0.05) is 110 Å². The molecule has 286 valence electrons. The SMILES string of the molecule is C[C@@H](C1C=CC=C1c1ccccc1P(c1ccccc1)c1ccccc1)P(c1cc(C(F)(F)F)cc(C(F)(F)F)c1)c1cc(C(F)(F)F)cc(C(F)(F)F)c1. The molecule has 0 spiro atoms. The number of halogens is 12. The molecule has 0 fully saturated rings. The lowest BCUT2D eigenvalue weighted by molar-refractivity contribution is -0.144. The summed E-state index contributed by atoms with van der Waals surface area (Å²) in [6, 6.07) is 27.6. The van der Waals surface area contributed by atoms with Crippen molar-refractivity contribution in [3.05, 3.63) is 167 Å². The molecule has 0 heterocycles. The summed E-state index contributed by atoms with van der Waals surface area (Å²) in [6.45, 7) is 1.43. The predicted molar refractivity (Wildman–Crippen MR) is 194 cm³/mol. The average Bonchev–Trinajstić information content (AvgIpc) is 3.61. The highest BCUT2D eigenvalue weighted by atomic mass is 31.1. The van der Waals surface area contributed by atoms with Crippen LogP contribution in [0, 0.1) is 5.92 Å². The lowest BCUT2D eigenvalue weighted by Crippen LogP contribution is -2.30. The van der Waals surface area contributed by atoms with Gasteiger partial charge in [0, 0.05) is 5.92 Å². The van der Waals surface area contributed by atoms with Crippen molar-refractivity contribution in [3.8, 4) is 0 Å². The molecule has 5 aromatic carbocycles. The van der Waals surface area contributed by atoms with E-state index < -0.39 is 85.0 Å². The number of benzene rings is 5. The van der Waals surface area contributed by atoms with Crippen molar-refractivity contribution in [1.82, 2.24) is 0 Å². The summed E-state index contributed by atoms with van der Waals surface area (Å²) in [5.41, 5.74) is -6.85. The minimum atomic E-state index is -5.32. The van der Waals surface area contributed by atoms with Crippen LogP contribution in [0.3, 0.4) is 0 Å². The van der Waals surface area contributed by atoms with E-state index in [0.717, 1.165) is 15.9 Å². The standard InChI is InChI=1S/C41H28F12P2/c1-25(34-16-10-17-35(34)36-15-8-9-18-37(36)55(30-11-4-2-5-12-30)31-13-6-3-7-14-31)54(32-21-26(38(42,43)44)19-27(22-32)39(45,46)47)33-23-28(40(48,49)50)20-29(24-33)41(51,52)53/h2-25,34H,1H3/t25-,34?/m0/s1. The maximum absolute atomic E-state index is 14.2. The van der Waals surface area contributed by atoms with Gasteiger partial charge in [0.15, 0.2) is 0 Å². The lowest BCUT2D eigenvalue weighted by atomic mass is 9.93. The van der Waals surface area contributed by atoms with Gasteiger partial charge in [-0.3, -0.25) is 0 Å². The monoisotopic (exact) mass is 810 g/mol. The molecule has 0 bridgehead atoms. The Balaban J connectivity index is 1.57. The van der Waals surface area contributed by atoms with Crippen LogP contribution in [0.1, 0.15) is 34.7 Å².